The molecule has 2 N–H and O–H groups in total. The van der Waals surface area contributed by atoms with Gasteiger partial charge >= 0.3 is 0 Å². The number of aromatic nitrogens is 2. The van der Waals surface area contributed by atoms with E-state index in [4.69, 9.17) is 17.3 Å². The van der Waals surface area contributed by atoms with Crippen molar-refractivity contribution in [3.05, 3.63) is 58.0 Å². The predicted octanol–water partition coefficient (Wildman–Crippen LogP) is 4.75. The molecule has 0 unspecified atom stereocenters. The monoisotopic (exact) mass is 361 g/mol. The highest BCUT2D eigenvalue weighted by Crippen LogP contribution is 2.39. The summed E-state index contributed by atoms with van der Waals surface area (Å²) in [6, 6.07) is 15.7. The van der Waals surface area contributed by atoms with E-state index in [1.165, 1.54) is 0 Å². The lowest BCUT2D eigenvalue weighted by Crippen LogP contribution is -1.97. The summed E-state index contributed by atoms with van der Waals surface area (Å²) in [5, 5.41) is 5.18. The molecule has 0 saturated carbocycles. The first kappa shape index (κ1) is 14.2. The molecular weight excluding hydrogens is 350 g/mol. The second-order valence-corrected chi connectivity index (χ2v) is 6.05. The van der Waals surface area contributed by atoms with E-state index >= 15 is 0 Å². The van der Waals surface area contributed by atoms with Crippen molar-refractivity contribution in [2.75, 3.05) is 5.73 Å². The Morgan fingerprint density at radius 3 is 2.52 bits per heavy atom. The van der Waals surface area contributed by atoms with E-state index in [2.05, 4.69) is 21.0 Å². The second kappa shape index (κ2) is 5.54. The number of nitrogens with two attached hydrogens (primary N) is 1. The first-order valence-corrected chi connectivity index (χ1v) is 7.58. The van der Waals surface area contributed by atoms with Crippen molar-refractivity contribution >= 4 is 33.3 Å². The fourth-order valence-electron chi connectivity index (χ4n) is 2.30. The summed E-state index contributed by atoms with van der Waals surface area (Å²) in [5.41, 5.74) is 9.79. The Hall–Kier alpha value is -1.78. The van der Waals surface area contributed by atoms with Gasteiger partial charge in [-0.05, 0) is 17.7 Å². The van der Waals surface area contributed by atoms with Crippen molar-refractivity contribution in [2.45, 2.75) is 0 Å². The minimum absolute atomic E-state index is 0.621. The summed E-state index contributed by atoms with van der Waals surface area (Å²) in [4.78, 5) is 0. The van der Waals surface area contributed by atoms with Crippen molar-refractivity contribution in [1.82, 2.24) is 9.78 Å². The number of nitrogen functional groups attached to an aromatic ring is 1. The van der Waals surface area contributed by atoms with Crippen LogP contribution in [0.4, 0.5) is 5.82 Å². The van der Waals surface area contributed by atoms with E-state index in [1.54, 1.807) is 4.68 Å². The molecule has 1 aromatic heterocycles. The lowest BCUT2D eigenvalue weighted by Gasteiger charge is -2.06. The molecule has 106 valence electrons. The summed E-state index contributed by atoms with van der Waals surface area (Å²) in [6.07, 6.45) is 0. The van der Waals surface area contributed by atoms with Crippen LogP contribution in [0.1, 0.15) is 0 Å². The number of hydrogen-bond acceptors (Lipinski definition) is 2. The molecule has 0 fully saturated rings. The highest BCUT2D eigenvalue weighted by atomic mass is 79.9. The first-order chi connectivity index (χ1) is 10.1. The molecule has 5 heteroatoms. The van der Waals surface area contributed by atoms with Crippen LogP contribution in [-0.2, 0) is 7.05 Å². The minimum atomic E-state index is 0.621. The van der Waals surface area contributed by atoms with Gasteiger partial charge in [-0.1, -0.05) is 63.9 Å². The summed E-state index contributed by atoms with van der Waals surface area (Å²) in [5.74, 6) is 0.621. The summed E-state index contributed by atoms with van der Waals surface area (Å²) in [6.45, 7) is 0. The second-order valence-electron chi connectivity index (χ2n) is 4.72. The third-order valence-corrected chi connectivity index (χ3v) is 4.15. The van der Waals surface area contributed by atoms with Crippen LogP contribution in [0.2, 0.25) is 5.02 Å². The SMILES string of the molecule is Cn1nc(-c2ccc(Br)cc2Cl)c(-c2ccccc2)c1N. The Bertz CT molecular complexity index is 797. The first-order valence-electron chi connectivity index (χ1n) is 6.41. The molecule has 0 saturated heterocycles. The van der Waals surface area contributed by atoms with Gasteiger partial charge in [-0.2, -0.15) is 5.10 Å². The lowest BCUT2D eigenvalue weighted by molar-refractivity contribution is 0.782. The molecule has 21 heavy (non-hydrogen) atoms. The fraction of sp³-hybridized carbons (Fsp3) is 0.0625. The number of benzene rings is 2. The highest BCUT2D eigenvalue weighted by molar-refractivity contribution is 9.10. The van der Waals surface area contributed by atoms with E-state index in [9.17, 15) is 0 Å². The van der Waals surface area contributed by atoms with Crippen LogP contribution < -0.4 is 5.73 Å². The van der Waals surface area contributed by atoms with Gasteiger partial charge < -0.3 is 5.73 Å². The molecular formula is C16H13BrClN3. The van der Waals surface area contributed by atoms with Gasteiger partial charge in [-0.3, -0.25) is 4.68 Å². The van der Waals surface area contributed by atoms with E-state index in [-0.39, 0.29) is 0 Å². The number of rotatable bonds is 2. The smallest absolute Gasteiger partial charge is 0.129 e. The molecule has 2 aromatic carbocycles. The van der Waals surface area contributed by atoms with Gasteiger partial charge in [0.05, 0.1) is 10.6 Å². The maximum absolute atomic E-state index is 6.37. The molecule has 0 atom stereocenters. The van der Waals surface area contributed by atoms with E-state index in [0.29, 0.717) is 10.8 Å². The van der Waals surface area contributed by atoms with Crippen molar-refractivity contribution in [1.29, 1.82) is 0 Å². The molecule has 3 aromatic rings. The Kier molecular flexibility index (Phi) is 3.74. The zero-order chi connectivity index (χ0) is 15.0. The van der Waals surface area contributed by atoms with Crippen LogP contribution in [0.3, 0.4) is 0 Å². The molecule has 0 aliphatic rings. The van der Waals surface area contributed by atoms with E-state index in [1.807, 2.05) is 55.6 Å². The van der Waals surface area contributed by atoms with Gasteiger partial charge in [-0.25, -0.2) is 0 Å². The summed E-state index contributed by atoms with van der Waals surface area (Å²) >= 11 is 9.78. The van der Waals surface area contributed by atoms with Crippen LogP contribution in [0.5, 0.6) is 0 Å². The molecule has 0 radical (unpaired) electrons. The Labute approximate surface area is 136 Å². The number of halogens is 2. The number of nitrogens with zero attached hydrogens (tertiary/aromatic N) is 2. The van der Waals surface area contributed by atoms with Crippen LogP contribution in [0, 0.1) is 0 Å². The molecule has 3 nitrogen and oxygen atoms in total. The van der Waals surface area contributed by atoms with Gasteiger partial charge in [0, 0.05) is 17.1 Å². The molecule has 1 heterocycles. The van der Waals surface area contributed by atoms with Crippen molar-refractivity contribution in [2.24, 2.45) is 7.05 Å². The highest BCUT2D eigenvalue weighted by Gasteiger charge is 2.19. The largest absolute Gasteiger partial charge is 0.383 e. The average molecular weight is 363 g/mol. The summed E-state index contributed by atoms with van der Waals surface area (Å²) < 4.78 is 2.61. The zero-order valence-electron chi connectivity index (χ0n) is 11.3. The topological polar surface area (TPSA) is 43.8 Å². The Balaban J connectivity index is 2.27. The van der Waals surface area contributed by atoms with Gasteiger partial charge in [0.25, 0.3) is 0 Å². The van der Waals surface area contributed by atoms with Crippen molar-refractivity contribution in [3.8, 4) is 22.4 Å². The van der Waals surface area contributed by atoms with Gasteiger partial charge in [-0.15, -0.1) is 0 Å². The quantitative estimate of drug-likeness (QED) is 0.715. The zero-order valence-corrected chi connectivity index (χ0v) is 13.7. The fourth-order valence-corrected chi connectivity index (χ4v) is 3.06. The van der Waals surface area contributed by atoms with Crippen molar-refractivity contribution < 1.29 is 0 Å². The molecule has 0 aliphatic heterocycles. The normalized spacial score (nSPS) is 10.8. The van der Waals surface area contributed by atoms with E-state index in [0.717, 1.165) is 26.9 Å². The Morgan fingerprint density at radius 1 is 1.14 bits per heavy atom. The van der Waals surface area contributed by atoms with Gasteiger partial charge in [0.2, 0.25) is 0 Å². The van der Waals surface area contributed by atoms with Crippen LogP contribution >= 0.6 is 27.5 Å². The van der Waals surface area contributed by atoms with Gasteiger partial charge in [0.15, 0.2) is 0 Å². The number of hydrogen-bond donors (Lipinski definition) is 1. The predicted molar refractivity (Wildman–Crippen MR) is 91.2 cm³/mol. The molecule has 0 bridgehead atoms. The molecule has 0 spiro atoms. The van der Waals surface area contributed by atoms with Gasteiger partial charge in [0.1, 0.15) is 11.5 Å². The molecule has 3 rings (SSSR count). The maximum Gasteiger partial charge on any atom is 0.129 e. The van der Waals surface area contributed by atoms with E-state index < -0.39 is 0 Å². The number of anilines is 1. The summed E-state index contributed by atoms with van der Waals surface area (Å²) in [7, 11) is 1.83. The third kappa shape index (κ3) is 2.57. The van der Waals surface area contributed by atoms with Crippen LogP contribution in [-0.4, -0.2) is 9.78 Å². The van der Waals surface area contributed by atoms with Crippen molar-refractivity contribution in [3.63, 3.8) is 0 Å². The lowest BCUT2D eigenvalue weighted by atomic mass is 10.0. The standard InChI is InChI=1S/C16H13BrClN3/c1-21-16(19)14(10-5-3-2-4-6-10)15(20-21)12-8-7-11(17)9-13(12)18/h2-9H,19H2,1H3. The minimum Gasteiger partial charge on any atom is -0.383 e. The average Bonchev–Trinajstić information content (AvgIpc) is 2.75. The Morgan fingerprint density at radius 2 is 1.86 bits per heavy atom. The maximum atomic E-state index is 6.37. The molecule has 0 amide bonds. The third-order valence-electron chi connectivity index (χ3n) is 3.34. The van der Waals surface area contributed by atoms with Crippen LogP contribution in [0.25, 0.3) is 22.4 Å². The number of aryl methyl sites for hydroxylation is 1. The molecule has 0 aliphatic carbocycles. The van der Waals surface area contributed by atoms with Crippen LogP contribution in [0.15, 0.2) is 53.0 Å².